The van der Waals surface area contributed by atoms with Gasteiger partial charge in [0.1, 0.15) is 0 Å². The van der Waals surface area contributed by atoms with Gasteiger partial charge >= 0.3 is 171 Å². The number of rotatable bonds is 5. The third kappa shape index (κ3) is 2.66. The second-order valence-corrected chi connectivity index (χ2v) is 12.8. The third-order valence-corrected chi connectivity index (χ3v) is 12.6. The number of methoxy groups -OCH3 is 1. The predicted octanol–water partition coefficient (Wildman–Crippen LogP) is 5.00. The van der Waals surface area contributed by atoms with Crippen molar-refractivity contribution in [1.82, 2.24) is 0 Å². The Balaban J connectivity index is 2.26. The van der Waals surface area contributed by atoms with Crippen molar-refractivity contribution >= 4 is 38.4 Å². The Morgan fingerprint density at radius 1 is 0.536 bits per heavy atom. The van der Waals surface area contributed by atoms with Crippen LogP contribution in [0, 0.1) is 0 Å². The molecule has 0 aromatic heterocycles. The van der Waals surface area contributed by atoms with Crippen LogP contribution in [0.25, 0.3) is 0 Å². The first kappa shape index (κ1) is 18.7. The van der Waals surface area contributed by atoms with Gasteiger partial charge in [-0.05, 0) is 0 Å². The topological polar surface area (TPSA) is 9.23 Å². The maximum atomic E-state index is 8.13. The van der Waals surface area contributed by atoms with Gasteiger partial charge in [-0.3, -0.25) is 0 Å². The average molecular weight is 405 g/mol. The molecule has 4 rings (SSSR count). The van der Waals surface area contributed by atoms with Crippen molar-refractivity contribution in [3.63, 3.8) is 0 Å². The zero-order chi connectivity index (χ0) is 19.5. The van der Waals surface area contributed by atoms with Gasteiger partial charge in [-0.1, -0.05) is 0 Å². The summed E-state index contributed by atoms with van der Waals surface area (Å²) in [4.78, 5) is 0. The summed E-state index contributed by atoms with van der Waals surface area (Å²) in [6.07, 6.45) is 0. The van der Waals surface area contributed by atoms with Crippen molar-refractivity contribution < 1.29 is 4.74 Å². The van der Waals surface area contributed by atoms with E-state index in [1.807, 2.05) is 36.4 Å². The van der Waals surface area contributed by atoms with E-state index in [1.165, 1.54) is 0 Å². The third-order valence-electron chi connectivity index (χ3n) is 5.26. The molecule has 0 aliphatic heterocycles. The van der Waals surface area contributed by atoms with Gasteiger partial charge in [0.25, 0.3) is 0 Å². The van der Waals surface area contributed by atoms with Crippen molar-refractivity contribution in [3.05, 3.63) is 115 Å². The standard InChI is InChI=1S/C25H22ClOP/c1-27-24-19-11-12-20-25(24)28(26,21-13-5-2-6-14-21,22-15-7-3-8-16-22)23-17-9-4-10-18-23/h2-20H,1H3. The fourth-order valence-electron chi connectivity index (χ4n) is 3.96. The summed E-state index contributed by atoms with van der Waals surface area (Å²) in [5, 5.41) is 4.30. The van der Waals surface area contributed by atoms with Crippen LogP contribution in [-0.4, -0.2) is 7.11 Å². The van der Waals surface area contributed by atoms with Gasteiger partial charge in [0, 0.05) is 0 Å². The van der Waals surface area contributed by atoms with E-state index in [-0.39, 0.29) is 0 Å². The normalized spacial score (nSPS) is 12.7. The quantitative estimate of drug-likeness (QED) is 0.425. The van der Waals surface area contributed by atoms with Crippen LogP contribution < -0.4 is 26.0 Å². The Hall–Kier alpha value is -2.60. The Morgan fingerprint density at radius 2 is 0.893 bits per heavy atom. The van der Waals surface area contributed by atoms with Crippen molar-refractivity contribution in [1.29, 1.82) is 0 Å². The zero-order valence-electron chi connectivity index (χ0n) is 15.7. The SMILES string of the molecule is COc1ccccc1P(Cl)(c1ccccc1)(c1ccccc1)c1ccccc1. The monoisotopic (exact) mass is 404 g/mol. The minimum atomic E-state index is -3.54. The Kier molecular flexibility index (Phi) is 4.98. The van der Waals surface area contributed by atoms with E-state index < -0.39 is 5.96 Å². The fraction of sp³-hybridized carbons (Fsp3) is 0.0400. The second kappa shape index (κ2) is 7.43. The molecule has 0 fully saturated rings. The van der Waals surface area contributed by atoms with Gasteiger partial charge in [0.05, 0.1) is 0 Å². The summed E-state index contributed by atoms with van der Waals surface area (Å²) in [7, 11) is 1.71. The van der Waals surface area contributed by atoms with Gasteiger partial charge in [0.15, 0.2) is 0 Å². The predicted molar refractivity (Wildman–Crippen MR) is 124 cm³/mol. The number of hydrogen-bond donors (Lipinski definition) is 0. The molecule has 0 unspecified atom stereocenters. The fourth-order valence-corrected chi connectivity index (χ4v) is 10.3. The van der Waals surface area contributed by atoms with Crippen LogP contribution >= 0.6 is 17.2 Å². The molecule has 28 heavy (non-hydrogen) atoms. The molecule has 0 spiro atoms. The number of ether oxygens (including phenoxy) is 1. The molecule has 0 aliphatic carbocycles. The van der Waals surface area contributed by atoms with E-state index in [2.05, 4.69) is 78.9 Å². The van der Waals surface area contributed by atoms with Gasteiger partial charge in [0.2, 0.25) is 0 Å². The van der Waals surface area contributed by atoms with Crippen molar-refractivity contribution in [3.8, 4) is 5.75 Å². The molecule has 0 atom stereocenters. The molecule has 0 bridgehead atoms. The van der Waals surface area contributed by atoms with E-state index in [0.29, 0.717) is 0 Å². The van der Waals surface area contributed by atoms with Gasteiger partial charge in [-0.2, -0.15) is 0 Å². The number of hydrogen-bond acceptors (Lipinski definition) is 1. The first-order chi connectivity index (χ1) is 13.7. The van der Waals surface area contributed by atoms with Crippen LogP contribution in [-0.2, 0) is 0 Å². The molecule has 4 aromatic rings. The van der Waals surface area contributed by atoms with E-state index >= 15 is 0 Å². The van der Waals surface area contributed by atoms with Gasteiger partial charge < -0.3 is 0 Å². The molecular weight excluding hydrogens is 383 g/mol. The molecular formula is C25H22ClOP. The number of halogens is 1. The molecule has 0 N–H and O–H groups in total. The molecule has 3 heteroatoms. The van der Waals surface area contributed by atoms with Crippen molar-refractivity contribution in [2.45, 2.75) is 0 Å². The van der Waals surface area contributed by atoms with Gasteiger partial charge in [-0.15, -0.1) is 0 Å². The first-order valence-electron chi connectivity index (χ1n) is 9.24. The van der Waals surface area contributed by atoms with Crippen LogP contribution in [0.15, 0.2) is 115 Å². The minimum absolute atomic E-state index is 0.798. The average Bonchev–Trinajstić information content (AvgIpc) is 2.80. The summed E-state index contributed by atoms with van der Waals surface area (Å²) in [5.41, 5.74) is 0. The van der Waals surface area contributed by atoms with E-state index in [4.69, 9.17) is 16.0 Å². The summed E-state index contributed by atoms with van der Waals surface area (Å²) in [6, 6.07) is 39.4. The van der Waals surface area contributed by atoms with Crippen molar-refractivity contribution in [2.24, 2.45) is 0 Å². The molecule has 1 nitrogen and oxygen atoms in total. The molecule has 4 aromatic carbocycles. The maximum absolute atomic E-state index is 8.13. The summed E-state index contributed by atoms with van der Waals surface area (Å²) < 4.78 is 5.83. The van der Waals surface area contributed by atoms with Crippen LogP contribution in [0.5, 0.6) is 5.75 Å². The summed E-state index contributed by atoms with van der Waals surface area (Å²) >= 11 is 8.13. The second-order valence-electron chi connectivity index (χ2n) is 6.69. The molecule has 0 saturated carbocycles. The summed E-state index contributed by atoms with van der Waals surface area (Å²) in [5.74, 6) is -2.74. The van der Waals surface area contributed by atoms with E-state index in [1.54, 1.807) is 7.11 Å². The first-order valence-corrected chi connectivity index (χ1v) is 12.4. The van der Waals surface area contributed by atoms with E-state index in [9.17, 15) is 0 Å². The molecule has 0 radical (unpaired) electrons. The van der Waals surface area contributed by atoms with Crippen LogP contribution in [0.2, 0.25) is 0 Å². The zero-order valence-corrected chi connectivity index (χ0v) is 17.4. The molecule has 0 aliphatic rings. The molecule has 0 heterocycles. The van der Waals surface area contributed by atoms with Crippen molar-refractivity contribution in [2.75, 3.05) is 7.11 Å². The van der Waals surface area contributed by atoms with Crippen LogP contribution in [0.3, 0.4) is 0 Å². The molecule has 0 saturated heterocycles. The molecule has 140 valence electrons. The van der Waals surface area contributed by atoms with Crippen LogP contribution in [0.1, 0.15) is 0 Å². The van der Waals surface area contributed by atoms with Gasteiger partial charge in [-0.25, -0.2) is 0 Å². The Labute approximate surface area is 171 Å². The van der Waals surface area contributed by atoms with E-state index in [0.717, 1.165) is 27.0 Å². The Morgan fingerprint density at radius 3 is 1.29 bits per heavy atom. The van der Waals surface area contributed by atoms with Crippen LogP contribution in [0.4, 0.5) is 0 Å². The Bertz CT molecular complexity index is 966. The summed E-state index contributed by atoms with van der Waals surface area (Å²) in [6.45, 7) is 0. The number of para-hydroxylation sites is 1. The molecule has 0 amide bonds. The number of benzene rings is 4.